The highest BCUT2D eigenvalue weighted by atomic mass is 28.4. The Kier molecular flexibility index (Phi) is 7.44. The first-order valence-electron chi connectivity index (χ1n) is 4.64. The summed E-state index contributed by atoms with van der Waals surface area (Å²) in [5.41, 5.74) is 0. The van der Waals surface area contributed by atoms with Crippen LogP contribution in [0.4, 0.5) is 0 Å². The Labute approximate surface area is 91.0 Å². The van der Waals surface area contributed by atoms with Gasteiger partial charge in [0, 0.05) is 26.9 Å². The van der Waals surface area contributed by atoms with Gasteiger partial charge in [0.1, 0.15) is 6.61 Å². The zero-order chi connectivity index (χ0) is 11.7. The molecule has 0 aromatic rings. The van der Waals surface area contributed by atoms with Gasteiger partial charge in [-0.05, 0) is 12.5 Å². The van der Waals surface area contributed by atoms with Gasteiger partial charge in [-0.3, -0.25) is 4.79 Å². The monoisotopic (exact) mass is 234 g/mol. The summed E-state index contributed by atoms with van der Waals surface area (Å²) in [6.07, 6.45) is 1.71. The highest BCUT2D eigenvalue weighted by Gasteiger charge is 2.38. The van der Waals surface area contributed by atoms with Crippen molar-refractivity contribution in [3.63, 3.8) is 0 Å². The predicted octanol–water partition coefficient (Wildman–Crippen LogP) is 0.372. The minimum Gasteiger partial charge on any atom is -0.396 e. The van der Waals surface area contributed by atoms with Gasteiger partial charge in [0.25, 0.3) is 0 Å². The first-order valence-corrected chi connectivity index (χ1v) is 6.57. The van der Waals surface area contributed by atoms with Gasteiger partial charge in [-0.15, -0.1) is 0 Å². The maximum Gasteiger partial charge on any atom is 0.500 e. The Hall–Kier alpha value is -0.533. The third kappa shape index (κ3) is 5.19. The van der Waals surface area contributed by atoms with Crippen molar-refractivity contribution in [2.45, 2.75) is 12.5 Å². The molecular formula is C9H18O5Si. The van der Waals surface area contributed by atoms with Crippen molar-refractivity contribution >= 4 is 14.6 Å². The van der Waals surface area contributed by atoms with Gasteiger partial charge in [0.15, 0.2) is 5.78 Å². The maximum atomic E-state index is 11.0. The molecule has 0 amide bonds. The molecule has 0 saturated carbocycles. The van der Waals surface area contributed by atoms with Crippen LogP contribution >= 0.6 is 0 Å². The predicted molar refractivity (Wildman–Crippen MR) is 57.4 cm³/mol. The van der Waals surface area contributed by atoms with Crippen LogP contribution in [0.2, 0.25) is 6.04 Å². The smallest absolute Gasteiger partial charge is 0.396 e. The van der Waals surface area contributed by atoms with Crippen LogP contribution in [0.25, 0.3) is 0 Å². The molecule has 0 atom stereocenters. The van der Waals surface area contributed by atoms with Gasteiger partial charge < -0.3 is 18.4 Å². The molecule has 0 fully saturated rings. The molecule has 0 aromatic heterocycles. The largest absolute Gasteiger partial charge is 0.500 e. The van der Waals surface area contributed by atoms with E-state index in [2.05, 4.69) is 6.58 Å². The van der Waals surface area contributed by atoms with E-state index in [4.69, 9.17) is 18.4 Å². The molecule has 15 heavy (non-hydrogen) atoms. The first-order chi connectivity index (χ1) is 7.14. The van der Waals surface area contributed by atoms with Crippen LogP contribution in [0, 0.1) is 0 Å². The molecule has 0 radical (unpaired) electrons. The second-order valence-electron chi connectivity index (χ2n) is 2.88. The highest BCUT2D eigenvalue weighted by molar-refractivity contribution is 6.60. The lowest BCUT2D eigenvalue weighted by Gasteiger charge is -2.25. The van der Waals surface area contributed by atoms with Gasteiger partial charge in [-0.1, -0.05) is 6.58 Å². The minimum absolute atomic E-state index is 0.0419. The van der Waals surface area contributed by atoms with E-state index < -0.39 is 8.80 Å². The standard InChI is InChI=1S/C9H18O5Si/c1-4-9(11)8-14-15(12-2,13-3)7-5-6-10/h4,10H,1,5-8H2,2-3H3. The first kappa shape index (κ1) is 14.5. The molecule has 0 aromatic carbocycles. The van der Waals surface area contributed by atoms with Crippen LogP contribution < -0.4 is 0 Å². The SMILES string of the molecule is C=CC(=O)CO[Si](CCCO)(OC)OC. The summed E-state index contributed by atoms with van der Waals surface area (Å²) in [5, 5.41) is 8.72. The minimum atomic E-state index is -2.77. The number of aliphatic hydroxyl groups is 1. The molecule has 0 aliphatic heterocycles. The second-order valence-corrected chi connectivity index (χ2v) is 5.85. The van der Waals surface area contributed by atoms with E-state index in [-0.39, 0.29) is 19.0 Å². The Morgan fingerprint density at radius 2 is 2.07 bits per heavy atom. The van der Waals surface area contributed by atoms with E-state index in [0.29, 0.717) is 12.5 Å². The molecule has 0 bridgehead atoms. The fourth-order valence-electron chi connectivity index (χ4n) is 1.01. The molecule has 5 nitrogen and oxygen atoms in total. The van der Waals surface area contributed by atoms with E-state index in [9.17, 15) is 4.79 Å². The Morgan fingerprint density at radius 1 is 1.47 bits per heavy atom. The van der Waals surface area contributed by atoms with Gasteiger partial charge >= 0.3 is 8.80 Å². The van der Waals surface area contributed by atoms with Crippen molar-refractivity contribution in [1.29, 1.82) is 0 Å². The number of carbonyl (C=O) groups excluding carboxylic acids is 1. The Morgan fingerprint density at radius 3 is 2.47 bits per heavy atom. The van der Waals surface area contributed by atoms with E-state index in [1.54, 1.807) is 0 Å². The van der Waals surface area contributed by atoms with Crippen molar-refractivity contribution in [2.75, 3.05) is 27.4 Å². The summed E-state index contributed by atoms with van der Waals surface area (Å²) >= 11 is 0. The summed E-state index contributed by atoms with van der Waals surface area (Å²) in [6.45, 7) is 3.29. The molecular weight excluding hydrogens is 216 g/mol. The summed E-state index contributed by atoms with van der Waals surface area (Å²) in [4.78, 5) is 11.0. The van der Waals surface area contributed by atoms with Crippen molar-refractivity contribution in [3.8, 4) is 0 Å². The number of ketones is 1. The number of hydrogen-bond donors (Lipinski definition) is 1. The summed E-state index contributed by atoms with van der Waals surface area (Å²) in [5.74, 6) is -0.218. The third-order valence-corrected chi connectivity index (χ3v) is 4.72. The summed E-state index contributed by atoms with van der Waals surface area (Å²) in [7, 11) is 0.183. The average molecular weight is 234 g/mol. The molecule has 6 heteroatoms. The molecule has 0 aliphatic carbocycles. The molecule has 0 heterocycles. The fourth-order valence-corrected chi connectivity index (χ4v) is 2.92. The topological polar surface area (TPSA) is 65.0 Å². The Bertz CT molecular complexity index is 203. The van der Waals surface area contributed by atoms with Crippen LogP contribution in [-0.2, 0) is 18.1 Å². The zero-order valence-electron chi connectivity index (χ0n) is 9.19. The van der Waals surface area contributed by atoms with Crippen LogP contribution in [0.5, 0.6) is 0 Å². The van der Waals surface area contributed by atoms with Gasteiger partial charge in [-0.2, -0.15) is 0 Å². The lowest BCUT2D eigenvalue weighted by atomic mass is 10.4. The van der Waals surface area contributed by atoms with E-state index in [1.807, 2.05) is 0 Å². The maximum absolute atomic E-state index is 11.0. The van der Waals surface area contributed by atoms with Gasteiger partial charge in [0.2, 0.25) is 0 Å². The van der Waals surface area contributed by atoms with Crippen molar-refractivity contribution in [1.82, 2.24) is 0 Å². The molecule has 0 rings (SSSR count). The fraction of sp³-hybridized carbons (Fsp3) is 0.667. The van der Waals surface area contributed by atoms with Gasteiger partial charge in [-0.25, -0.2) is 0 Å². The summed E-state index contributed by atoms with van der Waals surface area (Å²) in [6, 6.07) is 0.487. The number of carbonyl (C=O) groups is 1. The number of rotatable bonds is 9. The van der Waals surface area contributed by atoms with Crippen molar-refractivity contribution in [2.24, 2.45) is 0 Å². The molecule has 1 N–H and O–H groups in total. The molecule has 88 valence electrons. The molecule has 0 spiro atoms. The number of aliphatic hydroxyl groups excluding tert-OH is 1. The second kappa shape index (κ2) is 7.72. The van der Waals surface area contributed by atoms with E-state index in [0.717, 1.165) is 0 Å². The van der Waals surface area contributed by atoms with Crippen LogP contribution in [0.3, 0.4) is 0 Å². The van der Waals surface area contributed by atoms with Crippen LogP contribution in [-0.4, -0.2) is 47.1 Å². The molecule has 0 aliphatic rings. The lowest BCUT2D eigenvalue weighted by Crippen LogP contribution is -2.45. The Balaban J connectivity index is 4.22. The zero-order valence-corrected chi connectivity index (χ0v) is 10.2. The molecule has 0 saturated heterocycles. The lowest BCUT2D eigenvalue weighted by molar-refractivity contribution is -0.117. The quantitative estimate of drug-likeness (QED) is 0.461. The van der Waals surface area contributed by atoms with Crippen LogP contribution in [0.1, 0.15) is 6.42 Å². The van der Waals surface area contributed by atoms with E-state index in [1.165, 1.54) is 20.3 Å². The van der Waals surface area contributed by atoms with E-state index >= 15 is 0 Å². The average Bonchev–Trinajstić information content (AvgIpc) is 2.30. The van der Waals surface area contributed by atoms with Crippen molar-refractivity contribution in [3.05, 3.63) is 12.7 Å². The van der Waals surface area contributed by atoms with Crippen molar-refractivity contribution < 1.29 is 23.2 Å². The van der Waals surface area contributed by atoms with Gasteiger partial charge in [0.05, 0.1) is 0 Å². The molecule has 0 unspecified atom stereocenters. The normalized spacial score (nSPS) is 11.4. The highest BCUT2D eigenvalue weighted by Crippen LogP contribution is 2.15. The van der Waals surface area contributed by atoms with Crippen LogP contribution in [0.15, 0.2) is 12.7 Å². The number of hydrogen-bond acceptors (Lipinski definition) is 5. The summed E-state index contributed by atoms with van der Waals surface area (Å²) < 4.78 is 15.7. The third-order valence-electron chi connectivity index (χ3n) is 1.93.